The molecule has 168 valence electrons. The minimum atomic E-state index is -0.00649. The second-order valence-corrected chi connectivity index (χ2v) is 8.71. The maximum Gasteiger partial charge on any atom is 0.197 e. The molecule has 0 amide bonds. The lowest BCUT2D eigenvalue weighted by atomic mass is 10.0. The van der Waals surface area contributed by atoms with Crippen LogP contribution in [0.15, 0.2) is 64.2 Å². The van der Waals surface area contributed by atoms with E-state index in [-0.39, 0.29) is 10.9 Å². The molecule has 2 heterocycles. The number of nitrogens with one attached hydrogen (secondary N) is 1. The topological polar surface area (TPSA) is 58.1 Å². The van der Waals surface area contributed by atoms with E-state index in [0.29, 0.717) is 27.1 Å². The second kappa shape index (κ2) is 8.39. The summed E-state index contributed by atoms with van der Waals surface area (Å²) in [7, 11) is 0. The van der Waals surface area contributed by atoms with Gasteiger partial charge in [-0.3, -0.25) is 14.3 Å². The Morgan fingerprint density at radius 3 is 2.15 bits per heavy atom. The molecular formula is C28H29N3O2. The van der Waals surface area contributed by atoms with Gasteiger partial charge in [0.1, 0.15) is 0 Å². The first-order valence-corrected chi connectivity index (χ1v) is 11.9. The summed E-state index contributed by atoms with van der Waals surface area (Å²) in [6, 6.07) is 17.5. The summed E-state index contributed by atoms with van der Waals surface area (Å²) in [6.45, 7) is 8.14. The number of aromatic amines is 1. The maximum absolute atomic E-state index is 13.5. The first kappa shape index (κ1) is 21.3. The first-order valence-electron chi connectivity index (χ1n) is 11.9. The van der Waals surface area contributed by atoms with Gasteiger partial charge in [-0.2, -0.15) is 0 Å². The quantitative estimate of drug-likeness (QED) is 0.357. The number of aryl methyl sites for hydroxylation is 1. The minimum Gasteiger partial charge on any atom is -0.354 e. The number of fused-ring (bicyclic) bond motifs is 4. The van der Waals surface area contributed by atoms with Crippen molar-refractivity contribution < 1.29 is 0 Å². The van der Waals surface area contributed by atoms with Crippen molar-refractivity contribution in [3.8, 4) is 0 Å². The lowest BCUT2D eigenvalue weighted by Crippen LogP contribution is -2.37. The van der Waals surface area contributed by atoms with Crippen LogP contribution in [0, 0.1) is 0 Å². The molecule has 0 unspecified atom stereocenters. The van der Waals surface area contributed by atoms with Crippen molar-refractivity contribution in [2.75, 3.05) is 18.1 Å². The largest absolute Gasteiger partial charge is 0.354 e. The molecular weight excluding hydrogens is 410 g/mol. The van der Waals surface area contributed by atoms with Crippen molar-refractivity contribution in [2.45, 2.75) is 40.0 Å². The summed E-state index contributed by atoms with van der Waals surface area (Å²) < 4.78 is 2.16. The number of benzene rings is 3. The van der Waals surface area contributed by atoms with Crippen molar-refractivity contribution in [1.29, 1.82) is 0 Å². The standard InChI is InChI=1S/C28H29N3O2/c1-4-13-30(14-5-2)31-25-10-8-7-9-20(25)28(33)22-16-24-21(17-26(22)31)27(32)19-12-11-18(6-3)15-23(19)29-24/h7-12,15-17H,4-6,13-14H2,1-3H3,(H,29,32). The van der Waals surface area contributed by atoms with Crippen LogP contribution in [0.1, 0.15) is 39.2 Å². The number of hydrogen-bond donors (Lipinski definition) is 1. The Labute approximate surface area is 192 Å². The molecule has 0 saturated carbocycles. The van der Waals surface area contributed by atoms with E-state index in [1.54, 1.807) is 0 Å². The van der Waals surface area contributed by atoms with Crippen molar-refractivity contribution in [1.82, 2.24) is 9.66 Å². The van der Waals surface area contributed by atoms with Gasteiger partial charge in [-0.05, 0) is 61.2 Å². The van der Waals surface area contributed by atoms with Crippen molar-refractivity contribution in [3.05, 3.63) is 80.6 Å². The summed E-state index contributed by atoms with van der Waals surface area (Å²) >= 11 is 0. The van der Waals surface area contributed by atoms with E-state index in [9.17, 15) is 9.59 Å². The van der Waals surface area contributed by atoms with E-state index in [1.165, 1.54) is 5.56 Å². The lowest BCUT2D eigenvalue weighted by Gasteiger charge is -2.30. The van der Waals surface area contributed by atoms with E-state index in [2.05, 4.69) is 35.4 Å². The van der Waals surface area contributed by atoms with Crippen LogP contribution in [0.25, 0.3) is 43.6 Å². The summed E-state index contributed by atoms with van der Waals surface area (Å²) in [5, 5.41) is 4.89. The van der Waals surface area contributed by atoms with Crippen molar-refractivity contribution in [3.63, 3.8) is 0 Å². The Balaban J connectivity index is 1.96. The molecule has 0 saturated heterocycles. The molecule has 0 spiro atoms. The van der Waals surface area contributed by atoms with E-state index >= 15 is 0 Å². The Bertz CT molecular complexity index is 1620. The Kier molecular flexibility index (Phi) is 5.41. The fourth-order valence-corrected chi connectivity index (χ4v) is 4.90. The van der Waals surface area contributed by atoms with Crippen LogP contribution in [-0.2, 0) is 6.42 Å². The van der Waals surface area contributed by atoms with Crippen molar-refractivity contribution in [2.24, 2.45) is 0 Å². The lowest BCUT2D eigenvalue weighted by molar-refractivity contribution is 0.595. The zero-order chi connectivity index (χ0) is 23.1. The van der Waals surface area contributed by atoms with Gasteiger partial charge in [0.25, 0.3) is 0 Å². The Morgan fingerprint density at radius 2 is 1.42 bits per heavy atom. The molecule has 0 aliphatic heterocycles. The van der Waals surface area contributed by atoms with Gasteiger partial charge in [0.2, 0.25) is 0 Å². The zero-order valence-corrected chi connectivity index (χ0v) is 19.4. The predicted molar refractivity (Wildman–Crippen MR) is 139 cm³/mol. The van der Waals surface area contributed by atoms with Crippen LogP contribution in [0.4, 0.5) is 0 Å². The number of aromatic nitrogens is 2. The van der Waals surface area contributed by atoms with Gasteiger partial charge < -0.3 is 9.99 Å². The molecule has 33 heavy (non-hydrogen) atoms. The molecule has 0 radical (unpaired) electrons. The molecule has 5 rings (SSSR count). The highest BCUT2D eigenvalue weighted by atomic mass is 16.1. The van der Waals surface area contributed by atoms with E-state index in [1.807, 2.05) is 54.6 Å². The normalized spacial score (nSPS) is 11.7. The molecule has 5 nitrogen and oxygen atoms in total. The van der Waals surface area contributed by atoms with Crippen LogP contribution in [0.3, 0.4) is 0 Å². The van der Waals surface area contributed by atoms with Crippen LogP contribution in [0.2, 0.25) is 0 Å². The van der Waals surface area contributed by atoms with Crippen LogP contribution >= 0.6 is 0 Å². The highest BCUT2D eigenvalue weighted by Gasteiger charge is 2.17. The minimum absolute atomic E-state index is 0.00467. The smallest absolute Gasteiger partial charge is 0.197 e. The van der Waals surface area contributed by atoms with Crippen LogP contribution in [0.5, 0.6) is 0 Å². The second-order valence-electron chi connectivity index (χ2n) is 8.71. The van der Waals surface area contributed by atoms with Gasteiger partial charge in [-0.25, -0.2) is 0 Å². The monoisotopic (exact) mass is 439 g/mol. The number of pyridine rings is 2. The highest BCUT2D eigenvalue weighted by Crippen LogP contribution is 2.25. The molecule has 5 aromatic rings. The van der Waals surface area contributed by atoms with Crippen LogP contribution in [-0.4, -0.2) is 22.7 Å². The fourth-order valence-electron chi connectivity index (χ4n) is 4.90. The van der Waals surface area contributed by atoms with Crippen molar-refractivity contribution >= 4 is 43.6 Å². The molecule has 2 aromatic heterocycles. The average Bonchev–Trinajstić information content (AvgIpc) is 2.84. The molecule has 5 heteroatoms. The summed E-state index contributed by atoms with van der Waals surface area (Å²) in [5.74, 6) is 0. The number of rotatable bonds is 6. The number of hydrogen-bond acceptors (Lipinski definition) is 3. The zero-order valence-electron chi connectivity index (χ0n) is 19.4. The summed E-state index contributed by atoms with van der Waals surface area (Å²) in [6.07, 6.45) is 2.87. The molecule has 0 fully saturated rings. The third-order valence-electron chi connectivity index (χ3n) is 6.48. The number of nitrogens with zero attached hydrogens (tertiary/aromatic N) is 2. The Hall–Kier alpha value is -3.60. The molecule has 0 bridgehead atoms. The first-order chi connectivity index (χ1) is 16.1. The van der Waals surface area contributed by atoms with Crippen LogP contribution < -0.4 is 15.9 Å². The maximum atomic E-state index is 13.5. The fraction of sp³-hybridized carbons (Fsp3) is 0.286. The van der Waals surface area contributed by atoms with E-state index in [0.717, 1.165) is 48.9 Å². The van der Waals surface area contributed by atoms with Gasteiger partial charge in [0.05, 0.1) is 27.5 Å². The van der Waals surface area contributed by atoms with Gasteiger partial charge in [0, 0.05) is 29.2 Å². The van der Waals surface area contributed by atoms with Gasteiger partial charge >= 0.3 is 0 Å². The number of para-hydroxylation sites is 1. The summed E-state index contributed by atoms with van der Waals surface area (Å²) in [5.41, 5.74) is 4.32. The van der Waals surface area contributed by atoms with E-state index in [4.69, 9.17) is 0 Å². The SMILES string of the molecule is CCCN(CCC)n1c2ccccc2c(=O)c2cc3[nH]c4cc(CC)ccc4c(=O)c3cc21. The molecule has 0 aliphatic carbocycles. The number of H-pyrrole nitrogens is 1. The Morgan fingerprint density at radius 1 is 0.727 bits per heavy atom. The van der Waals surface area contributed by atoms with Gasteiger partial charge in [0.15, 0.2) is 10.9 Å². The van der Waals surface area contributed by atoms with Gasteiger partial charge in [-0.1, -0.05) is 39.0 Å². The predicted octanol–water partition coefficient (Wildman–Crippen LogP) is 5.47. The highest BCUT2D eigenvalue weighted by molar-refractivity contribution is 6.03. The average molecular weight is 440 g/mol. The molecule has 0 aliphatic rings. The summed E-state index contributed by atoms with van der Waals surface area (Å²) in [4.78, 5) is 30.5. The van der Waals surface area contributed by atoms with E-state index < -0.39 is 0 Å². The molecule has 1 N–H and O–H groups in total. The molecule has 3 aromatic carbocycles. The molecule has 0 atom stereocenters. The third-order valence-corrected chi connectivity index (χ3v) is 6.48. The van der Waals surface area contributed by atoms with Gasteiger partial charge in [-0.15, -0.1) is 0 Å². The third kappa shape index (κ3) is 3.39.